The number of alkyl halides is 3. The Morgan fingerprint density at radius 2 is 1.70 bits per heavy atom. The van der Waals surface area contributed by atoms with Crippen molar-refractivity contribution in [2.75, 3.05) is 11.4 Å². The van der Waals surface area contributed by atoms with Crippen LogP contribution in [0.4, 0.5) is 23.2 Å². The summed E-state index contributed by atoms with van der Waals surface area (Å²) in [6.45, 7) is 0.395. The minimum absolute atomic E-state index is 0.187. The molecule has 2 bridgehead atoms. The molecule has 0 atom stereocenters. The average molecular weight is 622 g/mol. The van der Waals surface area contributed by atoms with Gasteiger partial charge in [-0.05, 0) is 99.2 Å². The second-order valence-corrected chi connectivity index (χ2v) is 12.7. The van der Waals surface area contributed by atoms with Gasteiger partial charge in [-0.3, -0.25) is 4.79 Å². The molecule has 6 nitrogen and oxygen atoms in total. The largest absolute Gasteiger partial charge is 0.417 e. The molecule has 4 saturated carbocycles. The molecule has 1 amide bonds. The molecule has 11 heteroatoms. The number of benzene rings is 2. The summed E-state index contributed by atoms with van der Waals surface area (Å²) >= 11 is 3.44. The number of amides is 1. The van der Waals surface area contributed by atoms with Crippen LogP contribution in [0, 0.1) is 17.2 Å². The van der Waals surface area contributed by atoms with Crippen LogP contribution >= 0.6 is 15.9 Å². The number of carbonyl (C=O) groups is 1. The maximum atomic E-state index is 13.6. The van der Waals surface area contributed by atoms with Crippen molar-refractivity contribution in [1.82, 2.24) is 10.1 Å². The number of rotatable bonds is 6. The summed E-state index contributed by atoms with van der Waals surface area (Å²) in [5.41, 5.74) is -1.96. The predicted molar refractivity (Wildman–Crippen MR) is 142 cm³/mol. The maximum Gasteiger partial charge on any atom is 0.417 e. The van der Waals surface area contributed by atoms with Gasteiger partial charge in [-0.15, -0.1) is 0 Å². The van der Waals surface area contributed by atoms with E-state index in [0.29, 0.717) is 29.5 Å². The molecule has 4 aliphatic rings. The first-order valence-electron chi connectivity index (χ1n) is 13.4. The molecule has 0 saturated heterocycles. The number of fused-ring (bicyclic) bond motifs is 3. The molecule has 4 fully saturated rings. The number of hydrogen-bond acceptors (Lipinski definition) is 5. The molecule has 1 heterocycles. The molecule has 40 heavy (non-hydrogen) atoms. The molecule has 7 rings (SSSR count). The van der Waals surface area contributed by atoms with Crippen molar-refractivity contribution in [2.24, 2.45) is 11.3 Å². The predicted octanol–water partition coefficient (Wildman–Crippen LogP) is 6.97. The van der Waals surface area contributed by atoms with Crippen LogP contribution in [-0.4, -0.2) is 39.5 Å². The molecular weight excluding hydrogens is 594 g/mol. The fourth-order valence-corrected chi connectivity index (χ4v) is 7.03. The van der Waals surface area contributed by atoms with Crippen LogP contribution in [0.25, 0.3) is 11.5 Å². The number of aliphatic hydroxyl groups is 1. The van der Waals surface area contributed by atoms with Gasteiger partial charge < -0.3 is 14.5 Å². The Kier molecular flexibility index (Phi) is 6.61. The van der Waals surface area contributed by atoms with Crippen molar-refractivity contribution in [3.63, 3.8) is 0 Å². The van der Waals surface area contributed by atoms with Crippen LogP contribution in [0.2, 0.25) is 0 Å². The maximum absolute atomic E-state index is 13.6. The quantitative estimate of drug-likeness (QED) is 0.301. The normalized spacial score (nSPS) is 29.7. The average Bonchev–Trinajstić information content (AvgIpc) is 3.42. The summed E-state index contributed by atoms with van der Waals surface area (Å²) < 4.78 is 59.4. The van der Waals surface area contributed by atoms with E-state index in [4.69, 9.17) is 4.52 Å². The van der Waals surface area contributed by atoms with Crippen molar-refractivity contribution in [3.05, 3.63) is 64.6 Å². The van der Waals surface area contributed by atoms with E-state index in [1.165, 1.54) is 12.1 Å². The minimum Gasteiger partial charge on any atom is -0.380 e. The van der Waals surface area contributed by atoms with Crippen LogP contribution in [0.15, 0.2) is 57.5 Å². The van der Waals surface area contributed by atoms with Gasteiger partial charge >= 0.3 is 6.18 Å². The van der Waals surface area contributed by atoms with Crippen molar-refractivity contribution in [3.8, 4) is 11.5 Å². The van der Waals surface area contributed by atoms with Crippen molar-refractivity contribution in [2.45, 2.75) is 68.6 Å². The lowest BCUT2D eigenvalue weighted by molar-refractivity contribution is -0.295. The molecule has 1 N–H and O–H groups in total. The molecule has 0 radical (unpaired) electrons. The van der Waals surface area contributed by atoms with E-state index < -0.39 is 30.5 Å². The monoisotopic (exact) mass is 621 g/mol. The number of nitrogens with zero attached hydrogens (tertiary/aromatic N) is 3. The highest BCUT2D eigenvalue weighted by molar-refractivity contribution is 9.10. The minimum atomic E-state index is -4.76. The first-order valence-corrected chi connectivity index (χ1v) is 14.2. The number of aromatic nitrogens is 2. The summed E-state index contributed by atoms with van der Waals surface area (Å²) in [5.74, 6) is -0.636. The third-order valence-electron chi connectivity index (χ3n) is 9.32. The second kappa shape index (κ2) is 9.65. The molecule has 212 valence electrons. The number of carbonyl (C=O) groups excluding carboxylic acids is 1. The topological polar surface area (TPSA) is 79.5 Å². The summed E-state index contributed by atoms with van der Waals surface area (Å²) in [7, 11) is 0. The Labute approximate surface area is 236 Å². The Morgan fingerprint density at radius 1 is 1.05 bits per heavy atom. The van der Waals surface area contributed by atoms with Gasteiger partial charge in [0.15, 0.2) is 11.4 Å². The molecule has 0 unspecified atom stereocenters. The number of halogens is 5. The van der Waals surface area contributed by atoms with E-state index in [1.807, 2.05) is 6.07 Å². The van der Waals surface area contributed by atoms with E-state index in [0.717, 1.165) is 43.0 Å². The Bertz CT molecular complexity index is 1390. The fraction of sp³-hybridized carbons (Fsp3) is 0.483. The zero-order valence-corrected chi connectivity index (χ0v) is 23.1. The standard InChI is InChI=1S/C29H28BrF4N3O3/c30-20-2-1-3-22(14-20)37(24(38)19-15-28(39,16-19)29(32,33)34)17-26-8-11-27(12-9-26,13-10-26)25-35-23(40-36-25)18-4-6-21(31)7-5-18/h1-7,14,19,39H,8-13,15-17H2/t19-,26?,27?,28+. The molecule has 2 aromatic carbocycles. The van der Waals surface area contributed by atoms with Gasteiger partial charge in [0.25, 0.3) is 5.89 Å². The molecule has 0 aliphatic heterocycles. The van der Waals surface area contributed by atoms with Gasteiger partial charge in [0.1, 0.15) is 5.82 Å². The molecule has 3 aromatic rings. The summed E-state index contributed by atoms with van der Waals surface area (Å²) in [4.78, 5) is 19.9. The van der Waals surface area contributed by atoms with Gasteiger partial charge in [0.2, 0.25) is 5.91 Å². The number of hydrogen-bond donors (Lipinski definition) is 1. The lowest BCUT2D eigenvalue weighted by Gasteiger charge is -2.54. The van der Waals surface area contributed by atoms with Gasteiger partial charge in [0, 0.05) is 33.6 Å². The highest BCUT2D eigenvalue weighted by atomic mass is 79.9. The van der Waals surface area contributed by atoms with E-state index in [9.17, 15) is 27.5 Å². The second-order valence-electron chi connectivity index (χ2n) is 11.7. The van der Waals surface area contributed by atoms with Gasteiger partial charge in [0.05, 0.1) is 0 Å². The lowest BCUT2D eigenvalue weighted by Crippen LogP contribution is -2.60. The lowest BCUT2D eigenvalue weighted by atomic mass is 9.53. The van der Waals surface area contributed by atoms with Gasteiger partial charge in [-0.25, -0.2) is 4.39 Å². The Hall–Kier alpha value is -2.79. The first-order chi connectivity index (χ1) is 18.9. The first kappa shape index (κ1) is 27.4. The summed E-state index contributed by atoms with van der Waals surface area (Å²) in [5, 5.41) is 14.3. The SMILES string of the molecule is O=C([C@H]1C[C@](O)(C(F)(F)F)C1)N(CC12CCC(c3noc(-c4ccc(F)cc4)n3)(CC1)CC2)c1cccc(Br)c1. The van der Waals surface area contributed by atoms with Crippen LogP contribution in [0.3, 0.4) is 0 Å². The van der Waals surface area contributed by atoms with E-state index in [1.54, 1.807) is 35.2 Å². The van der Waals surface area contributed by atoms with E-state index >= 15 is 0 Å². The van der Waals surface area contributed by atoms with Crippen molar-refractivity contribution >= 4 is 27.5 Å². The molecule has 4 aliphatic carbocycles. The summed E-state index contributed by atoms with van der Waals surface area (Å²) in [6.07, 6.45) is -1.18. The highest BCUT2D eigenvalue weighted by Gasteiger charge is 2.63. The Morgan fingerprint density at radius 3 is 2.30 bits per heavy atom. The molecule has 1 aromatic heterocycles. The van der Waals surface area contributed by atoms with Crippen LogP contribution in [0.5, 0.6) is 0 Å². The molecular formula is C29H28BrF4N3O3. The summed E-state index contributed by atoms with van der Waals surface area (Å²) in [6, 6.07) is 13.1. The van der Waals surface area contributed by atoms with E-state index in [-0.39, 0.29) is 22.6 Å². The van der Waals surface area contributed by atoms with E-state index in [2.05, 4.69) is 26.1 Å². The van der Waals surface area contributed by atoms with Crippen LogP contribution in [-0.2, 0) is 10.2 Å². The van der Waals surface area contributed by atoms with Crippen molar-refractivity contribution in [1.29, 1.82) is 0 Å². The van der Waals surface area contributed by atoms with Gasteiger partial charge in [-0.2, -0.15) is 18.2 Å². The Balaban J connectivity index is 1.19. The third-order valence-corrected chi connectivity index (χ3v) is 9.81. The number of anilines is 1. The van der Waals surface area contributed by atoms with Crippen molar-refractivity contribution < 1.29 is 32.0 Å². The van der Waals surface area contributed by atoms with Crippen LogP contribution < -0.4 is 4.90 Å². The van der Waals surface area contributed by atoms with Crippen LogP contribution in [0.1, 0.15) is 57.2 Å². The zero-order valence-electron chi connectivity index (χ0n) is 21.6. The van der Waals surface area contributed by atoms with Gasteiger partial charge in [-0.1, -0.05) is 27.2 Å². The third kappa shape index (κ3) is 4.74. The smallest absolute Gasteiger partial charge is 0.380 e. The fourth-order valence-electron chi connectivity index (χ4n) is 6.64. The highest BCUT2D eigenvalue weighted by Crippen LogP contribution is 2.58. The molecule has 0 spiro atoms. The zero-order chi connectivity index (χ0) is 28.3.